The minimum absolute atomic E-state index is 0.109. The second-order valence-electron chi connectivity index (χ2n) is 8.32. The van der Waals surface area contributed by atoms with Crippen molar-refractivity contribution in [2.24, 2.45) is 5.41 Å². The lowest BCUT2D eigenvalue weighted by Gasteiger charge is -2.33. The Kier molecular flexibility index (Phi) is 7.12. The van der Waals surface area contributed by atoms with Crippen LogP contribution in [0.1, 0.15) is 71.5 Å². The minimum atomic E-state index is 0.109. The van der Waals surface area contributed by atoms with Gasteiger partial charge in [0.2, 0.25) is 0 Å². The molecule has 0 atom stereocenters. The molecule has 1 aromatic rings. The summed E-state index contributed by atoms with van der Waals surface area (Å²) in [7, 11) is 2.07. The average molecular weight is 379 g/mol. The van der Waals surface area contributed by atoms with Crippen molar-refractivity contribution in [3.05, 3.63) is 21.4 Å². The van der Waals surface area contributed by atoms with Crippen molar-refractivity contribution in [1.82, 2.24) is 10.2 Å². The van der Waals surface area contributed by atoms with E-state index in [-0.39, 0.29) is 17.9 Å². The molecule has 1 fully saturated rings. The first-order chi connectivity index (χ1) is 12.6. The number of rotatable bonds is 7. The van der Waals surface area contributed by atoms with Gasteiger partial charge in [-0.15, -0.1) is 11.3 Å². The number of aliphatic hydroxyl groups excluding tert-OH is 1. The van der Waals surface area contributed by atoms with Crippen LogP contribution >= 0.6 is 11.3 Å². The second kappa shape index (κ2) is 9.34. The van der Waals surface area contributed by atoms with Crippen LogP contribution in [-0.4, -0.2) is 49.2 Å². The molecule has 2 aliphatic rings. The smallest absolute Gasteiger partial charge is 0.261 e. The fourth-order valence-electron chi connectivity index (χ4n) is 4.65. The van der Waals surface area contributed by atoms with Crippen molar-refractivity contribution < 1.29 is 9.90 Å². The van der Waals surface area contributed by atoms with Gasteiger partial charge in [-0.2, -0.15) is 0 Å². The van der Waals surface area contributed by atoms with Gasteiger partial charge in [0.1, 0.15) is 0 Å². The molecule has 146 valence electrons. The van der Waals surface area contributed by atoms with Crippen molar-refractivity contribution in [1.29, 1.82) is 0 Å². The predicted molar refractivity (Wildman–Crippen MR) is 108 cm³/mol. The summed E-state index contributed by atoms with van der Waals surface area (Å²) in [5.41, 5.74) is 1.59. The number of nitrogens with zero attached hydrogens (tertiary/aromatic N) is 1. The summed E-state index contributed by atoms with van der Waals surface area (Å²) in [6, 6.07) is 2.15. The van der Waals surface area contributed by atoms with E-state index in [1.807, 2.05) is 0 Å². The van der Waals surface area contributed by atoms with Crippen LogP contribution in [0.4, 0.5) is 0 Å². The van der Waals surface area contributed by atoms with Crippen molar-refractivity contribution in [3.8, 4) is 0 Å². The summed E-state index contributed by atoms with van der Waals surface area (Å²) >= 11 is 1.71. The zero-order chi connectivity index (χ0) is 18.4. The van der Waals surface area contributed by atoms with Crippen molar-refractivity contribution in [2.45, 2.75) is 64.2 Å². The van der Waals surface area contributed by atoms with Crippen LogP contribution in [0.5, 0.6) is 0 Å². The van der Waals surface area contributed by atoms with Crippen LogP contribution in [0.15, 0.2) is 6.07 Å². The van der Waals surface area contributed by atoms with Crippen molar-refractivity contribution in [3.63, 3.8) is 0 Å². The van der Waals surface area contributed by atoms with Crippen LogP contribution in [0, 0.1) is 5.41 Å². The van der Waals surface area contributed by atoms with E-state index in [2.05, 4.69) is 23.3 Å². The SMILES string of the molecule is CN(CCO)CC1(CNC(=O)c2cc3c(s2)CCCCCC3)CCCC1. The number of fused-ring (bicyclic) bond motifs is 1. The van der Waals surface area contributed by atoms with Gasteiger partial charge in [-0.3, -0.25) is 4.79 Å². The summed E-state index contributed by atoms with van der Waals surface area (Å²) in [6.07, 6.45) is 12.3. The van der Waals surface area contributed by atoms with Crippen LogP contribution < -0.4 is 5.32 Å². The van der Waals surface area contributed by atoms with E-state index in [1.165, 1.54) is 61.8 Å². The Balaban J connectivity index is 1.61. The number of aryl methyl sites for hydroxylation is 2. The van der Waals surface area contributed by atoms with Gasteiger partial charge in [0.15, 0.2) is 0 Å². The quantitative estimate of drug-likeness (QED) is 0.762. The molecule has 1 heterocycles. The maximum Gasteiger partial charge on any atom is 0.261 e. The van der Waals surface area contributed by atoms with Crippen LogP contribution in [0.2, 0.25) is 0 Å². The number of thiophene rings is 1. The Labute approximate surface area is 162 Å². The molecule has 0 aliphatic heterocycles. The van der Waals surface area contributed by atoms with E-state index >= 15 is 0 Å². The van der Waals surface area contributed by atoms with Crippen LogP contribution in [-0.2, 0) is 12.8 Å². The van der Waals surface area contributed by atoms with Crippen molar-refractivity contribution >= 4 is 17.2 Å². The maximum absolute atomic E-state index is 12.8. The van der Waals surface area contributed by atoms with E-state index < -0.39 is 0 Å². The first-order valence-electron chi connectivity index (χ1n) is 10.3. The van der Waals surface area contributed by atoms with Gasteiger partial charge in [-0.1, -0.05) is 25.7 Å². The zero-order valence-electron chi connectivity index (χ0n) is 16.2. The molecule has 0 aromatic carbocycles. The molecule has 5 heteroatoms. The van der Waals surface area contributed by atoms with Crippen LogP contribution in [0.25, 0.3) is 0 Å². The molecule has 1 amide bonds. The van der Waals surface area contributed by atoms with Gasteiger partial charge >= 0.3 is 0 Å². The number of likely N-dealkylation sites (N-methyl/N-ethyl adjacent to an activating group) is 1. The lowest BCUT2D eigenvalue weighted by atomic mass is 9.85. The van der Waals surface area contributed by atoms with Crippen molar-refractivity contribution in [2.75, 3.05) is 33.3 Å². The number of aliphatic hydroxyl groups is 1. The van der Waals surface area contributed by atoms with E-state index in [4.69, 9.17) is 0 Å². The highest BCUT2D eigenvalue weighted by molar-refractivity contribution is 7.14. The van der Waals surface area contributed by atoms with Gasteiger partial charge in [0, 0.05) is 29.9 Å². The Morgan fingerprint density at radius 1 is 1.19 bits per heavy atom. The molecule has 3 rings (SSSR count). The van der Waals surface area contributed by atoms with Gasteiger partial charge in [0.25, 0.3) is 5.91 Å². The largest absolute Gasteiger partial charge is 0.395 e. The third-order valence-corrected chi connectivity index (χ3v) is 7.33. The third-order valence-electron chi connectivity index (χ3n) is 6.10. The molecule has 0 spiro atoms. The summed E-state index contributed by atoms with van der Waals surface area (Å²) in [4.78, 5) is 17.3. The Morgan fingerprint density at radius 2 is 1.92 bits per heavy atom. The molecule has 4 nitrogen and oxygen atoms in total. The summed E-state index contributed by atoms with van der Waals surface area (Å²) in [5, 5.41) is 12.4. The lowest BCUT2D eigenvalue weighted by molar-refractivity contribution is 0.0909. The van der Waals surface area contributed by atoms with E-state index in [1.54, 1.807) is 11.3 Å². The monoisotopic (exact) mass is 378 g/mol. The zero-order valence-corrected chi connectivity index (χ0v) is 17.0. The molecule has 0 radical (unpaired) electrons. The molecule has 26 heavy (non-hydrogen) atoms. The van der Waals surface area contributed by atoms with Gasteiger partial charge in [-0.05, 0) is 57.2 Å². The first kappa shape index (κ1) is 19.8. The Hall–Kier alpha value is -0.910. The first-order valence-corrected chi connectivity index (χ1v) is 11.1. The highest BCUT2D eigenvalue weighted by Gasteiger charge is 2.35. The molecule has 0 unspecified atom stereocenters. The topological polar surface area (TPSA) is 52.6 Å². The number of amides is 1. The predicted octanol–water partition coefficient (Wildman–Crippen LogP) is 3.62. The van der Waals surface area contributed by atoms with E-state index in [0.29, 0.717) is 6.54 Å². The molecule has 2 N–H and O–H groups in total. The van der Waals surface area contributed by atoms with Gasteiger partial charge in [0.05, 0.1) is 11.5 Å². The molecule has 2 aliphatic carbocycles. The minimum Gasteiger partial charge on any atom is -0.395 e. The fourth-order valence-corrected chi connectivity index (χ4v) is 5.82. The molecule has 0 bridgehead atoms. The molecule has 1 saturated carbocycles. The second-order valence-corrected chi connectivity index (χ2v) is 9.46. The average Bonchev–Trinajstić information content (AvgIpc) is 3.21. The Bertz CT molecular complexity index is 567. The van der Waals surface area contributed by atoms with Gasteiger partial charge in [-0.25, -0.2) is 0 Å². The molecule has 0 saturated heterocycles. The number of carbonyl (C=O) groups is 1. The number of carbonyl (C=O) groups excluding carboxylic acids is 1. The summed E-state index contributed by atoms with van der Waals surface area (Å²) < 4.78 is 0. The maximum atomic E-state index is 12.8. The Morgan fingerprint density at radius 3 is 2.65 bits per heavy atom. The molecule has 1 aromatic heterocycles. The van der Waals surface area contributed by atoms with Gasteiger partial charge < -0.3 is 15.3 Å². The molecular weight excluding hydrogens is 344 g/mol. The van der Waals surface area contributed by atoms with E-state index in [9.17, 15) is 9.90 Å². The number of nitrogens with one attached hydrogen (secondary N) is 1. The third kappa shape index (κ3) is 5.08. The highest BCUT2D eigenvalue weighted by atomic mass is 32.1. The summed E-state index contributed by atoms with van der Waals surface area (Å²) in [5.74, 6) is 0.109. The number of hydrogen-bond acceptors (Lipinski definition) is 4. The van der Waals surface area contributed by atoms with Crippen LogP contribution in [0.3, 0.4) is 0 Å². The van der Waals surface area contributed by atoms with E-state index in [0.717, 1.165) is 30.8 Å². The standard InChI is InChI=1S/C21H34N2O2S/c1-23(12-13-24)16-21(10-6-7-11-21)15-22-20(25)19-14-17-8-4-2-3-5-9-18(17)26-19/h14,24H,2-13,15-16H2,1H3,(H,22,25). The number of hydrogen-bond donors (Lipinski definition) is 2. The molecular formula is C21H34N2O2S. The fraction of sp³-hybridized carbons (Fsp3) is 0.762. The lowest BCUT2D eigenvalue weighted by Crippen LogP contribution is -2.43. The summed E-state index contributed by atoms with van der Waals surface area (Å²) in [6.45, 7) is 2.60. The normalized spacial score (nSPS) is 19.8. The highest BCUT2D eigenvalue weighted by Crippen LogP contribution is 2.38.